The molecule has 3 aromatic rings. The molecule has 0 spiro atoms. The summed E-state index contributed by atoms with van der Waals surface area (Å²) in [6.45, 7) is 2.85. The topological polar surface area (TPSA) is 122 Å². The van der Waals surface area contributed by atoms with Gasteiger partial charge in [-0.15, -0.1) is 0 Å². The fourth-order valence-corrected chi connectivity index (χ4v) is 7.02. The first-order valence-corrected chi connectivity index (χ1v) is 15.3. The van der Waals surface area contributed by atoms with E-state index < -0.39 is 0 Å². The van der Waals surface area contributed by atoms with Crippen LogP contribution in [0.5, 0.6) is 0 Å². The van der Waals surface area contributed by atoms with Crippen LogP contribution in [0, 0.1) is 23.7 Å². The maximum Gasteiger partial charge on any atom is 0.251 e. The number of carbonyl (C=O) groups excluding carboxylic acids is 1. The van der Waals surface area contributed by atoms with Crippen molar-refractivity contribution in [3.05, 3.63) is 66.2 Å². The Balaban J connectivity index is 0.948. The number of nitrogens with zero attached hydrogens (tertiary/aromatic N) is 3. The van der Waals surface area contributed by atoms with Gasteiger partial charge in [0.2, 0.25) is 17.8 Å². The molecule has 4 bridgehead atoms. The number of aromatic nitrogens is 3. The summed E-state index contributed by atoms with van der Waals surface area (Å²) in [5, 5.41) is 13.2. The highest BCUT2D eigenvalue weighted by Gasteiger charge is 2.48. The highest BCUT2D eigenvalue weighted by atomic mass is 16.5. The van der Waals surface area contributed by atoms with Crippen LogP contribution in [0.2, 0.25) is 0 Å². The van der Waals surface area contributed by atoms with E-state index in [9.17, 15) is 4.79 Å². The van der Waals surface area contributed by atoms with E-state index in [1.54, 1.807) is 12.1 Å². The minimum absolute atomic E-state index is 0.0987. The predicted octanol–water partition coefficient (Wildman–Crippen LogP) is 4.73. The zero-order chi connectivity index (χ0) is 28.6. The molecule has 42 heavy (non-hydrogen) atoms. The minimum atomic E-state index is -0.0987. The van der Waals surface area contributed by atoms with E-state index in [0.29, 0.717) is 69.0 Å². The molecular weight excluding hydrogens is 530 g/mol. The molecule has 4 aliphatic carbocycles. The second-order valence-electron chi connectivity index (χ2n) is 11.7. The van der Waals surface area contributed by atoms with E-state index in [2.05, 4.69) is 26.3 Å². The number of nitrogens with one attached hydrogen (secondary N) is 4. The molecule has 1 aromatic heterocycles. The Bertz CT molecular complexity index is 1270. The summed E-state index contributed by atoms with van der Waals surface area (Å²) in [4.78, 5) is 26.1. The van der Waals surface area contributed by atoms with E-state index in [0.717, 1.165) is 29.4 Å². The first-order chi connectivity index (χ1) is 20.7. The normalized spacial score (nSPS) is 23.9. The number of ether oxygens (including phenoxy) is 2. The van der Waals surface area contributed by atoms with Crippen molar-refractivity contribution in [2.45, 2.75) is 38.1 Å². The molecule has 4 fully saturated rings. The average molecular weight is 572 g/mol. The second-order valence-corrected chi connectivity index (χ2v) is 11.7. The third-order valence-corrected chi connectivity index (χ3v) is 8.66. The Labute approximate surface area is 247 Å². The quantitative estimate of drug-likeness (QED) is 0.192. The van der Waals surface area contributed by atoms with Crippen LogP contribution in [0.1, 0.15) is 42.5 Å². The molecule has 0 radical (unpaired) electrons. The molecule has 222 valence electrons. The number of para-hydroxylation sites is 1. The summed E-state index contributed by atoms with van der Waals surface area (Å²) in [7, 11) is 0. The Morgan fingerprint density at radius 2 is 1.29 bits per heavy atom. The number of hydrogen-bond donors (Lipinski definition) is 4. The Morgan fingerprint density at radius 1 is 0.690 bits per heavy atom. The van der Waals surface area contributed by atoms with Crippen LogP contribution in [-0.2, 0) is 9.47 Å². The van der Waals surface area contributed by atoms with Gasteiger partial charge in [0.25, 0.3) is 5.91 Å². The Morgan fingerprint density at radius 3 is 1.98 bits per heavy atom. The molecule has 10 nitrogen and oxygen atoms in total. The van der Waals surface area contributed by atoms with Gasteiger partial charge in [0.15, 0.2) is 0 Å². The molecule has 10 heteroatoms. The maximum absolute atomic E-state index is 12.0. The summed E-state index contributed by atoms with van der Waals surface area (Å²) >= 11 is 0. The van der Waals surface area contributed by atoms with Gasteiger partial charge in [-0.25, -0.2) is 0 Å². The van der Waals surface area contributed by atoms with Gasteiger partial charge in [-0.2, -0.15) is 15.0 Å². The summed E-state index contributed by atoms with van der Waals surface area (Å²) in [5.41, 5.74) is 1.57. The third-order valence-electron chi connectivity index (χ3n) is 8.66. The van der Waals surface area contributed by atoms with Gasteiger partial charge in [-0.05, 0) is 80.0 Å². The molecule has 0 unspecified atom stereocenters. The van der Waals surface area contributed by atoms with Crippen LogP contribution in [-0.4, -0.2) is 66.4 Å². The molecule has 2 aromatic carbocycles. The first-order valence-electron chi connectivity index (χ1n) is 15.3. The first kappa shape index (κ1) is 28.4. The molecule has 1 amide bonds. The van der Waals surface area contributed by atoms with Crippen LogP contribution < -0.4 is 21.3 Å². The summed E-state index contributed by atoms with van der Waals surface area (Å²) in [6.07, 6.45) is 6.77. The van der Waals surface area contributed by atoms with Crippen molar-refractivity contribution >= 4 is 29.4 Å². The Kier molecular flexibility index (Phi) is 9.41. The van der Waals surface area contributed by atoms with Crippen molar-refractivity contribution in [3.8, 4) is 0 Å². The second kappa shape index (κ2) is 13.9. The van der Waals surface area contributed by atoms with Crippen molar-refractivity contribution < 1.29 is 14.3 Å². The molecular formula is C32H41N7O3. The summed E-state index contributed by atoms with van der Waals surface area (Å²) in [6, 6.07) is 19.5. The van der Waals surface area contributed by atoms with E-state index in [1.165, 1.54) is 32.1 Å². The van der Waals surface area contributed by atoms with Crippen molar-refractivity contribution in [1.29, 1.82) is 0 Å². The fourth-order valence-electron chi connectivity index (χ4n) is 7.02. The van der Waals surface area contributed by atoms with Crippen molar-refractivity contribution in [3.63, 3.8) is 0 Å². The maximum atomic E-state index is 12.0. The molecule has 0 atom stereocenters. The smallest absolute Gasteiger partial charge is 0.251 e. The predicted molar refractivity (Wildman–Crippen MR) is 163 cm³/mol. The highest BCUT2D eigenvalue weighted by Crippen LogP contribution is 2.54. The van der Waals surface area contributed by atoms with Crippen LogP contribution in [0.25, 0.3) is 0 Å². The van der Waals surface area contributed by atoms with Crippen molar-refractivity contribution in [1.82, 2.24) is 20.3 Å². The fraction of sp³-hybridized carbons (Fsp3) is 0.500. The number of carbonyl (C=O) groups is 1. The molecule has 4 N–H and O–H groups in total. The molecule has 0 aliphatic heterocycles. The average Bonchev–Trinajstić information content (AvgIpc) is 3.00. The van der Waals surface area contributed by atoms with Crippen molar-refractivity contribution in [2.24, 2.45) is 23.7 Å². The molecule has 0 saturated heterocycles. The number of anilines is 4. The zero-order valence-corrected chi connectivity index (χ0v) is 24.0. The Hall–Kier alpha value is -3.76. The van der Waals surface area contributed by atoms with Gasteiger partial charge >= 0.3 is 0 Å². The van der Waals surface area contributed by atoms with Gasteiger partial charge in [0.1, 0.15) is 0 Å². The van der Waals surface area contributed by atoms with E-state index in [1.807, 2.05) is 48.5 Å². The van der Waals surface area contributed by atoms with E-state index in [-0.39, 0.29) is 5.91 Å². The van der Waals surface area contributed by atoms with Gasteiger partial charge < -0.3 is 30.7 Å². The number of rotatable bonds is 15. The summed E-state index contributed by atoms with van der Waals surface area (Å²) in [5.74, 6) is 4.83. The monoisotopic (exact) mass is 571 g/mol. The molecule has 1 heterocycles. The van der Waals surface area contributed by atoms with Gasteiger partial charge in [0.05, 0.1) is 26.4 Å². The summed E-state index contributed by atoms with van der Waals surface area (Å²) < 4.78 is 11.3. The molecule has 4 aliphatic rings. The molecule has 7 rings (SSSR count). The SMILES string of the molecule is O=C(NCCOCCOCCNc1nc(Nc2ccccc2)nc(NC2C3CC4CC(C3)CC2C4)n1)c1ccccc1. The van der Waals surface area contributed by atoms with Crippen molar-refractivity contribution in [2.75, 3.05) is 55.5 Å². The lowest BCUT2D eigenvalue weighted by molar-refractivity contribution is 0.00728. The van der Waals surface area contributed by atoms with Crippen LogP contribution in [0.3, 0.4) is 0 Å². The van der Waals surface area contributed by atoms with Crippen LogP contribution in [0.4, 0.5) is 23.5 Å². The van der Waals surface area contributed by atoms with Gasteiger partial charge in [-0.3, -0.25) is 4.79 Å². The third kappa shape index (κ3) is 7.54. The number of benzene rings is 2. The molecule has 4 saturated carbocycles. The highest BCUT2D eigenvalue weighted by molar-refractivity contribution is 5.94. The van der Waals surface area contributed by atoms with Gasteiger partial charge in [0, 0.05) is 30.4 Å². The van der Waals surface area contributed by atoms with E-state index >= 15 is 0 Å². The standard InChI is InChI=1S/C32H41N7O3/c40-29(24-7-3-1-4-8-24)33-11-13-41-15-16-42-14-12-34-30-37-31(35-27-9-5-2-6-10-27)39-32(38-30)36-28-25-18-22-17-23(20-25)21-26(28)19-22/h1-10,22-23,25-26,28H,11-21H2,(H,33,40)(H3,34,35,36,37,38,39). The minimum Gasteiger partial charge on any atom is -0.377 e. The lowest BCUT2D eigenvalue weighted by Crippen LogP contribution is -2.51. The number of amides is 1. The van der Waals surface area contributed by atoms with Gasteiger partial charge in [-0.1, -0.05) is 36.4 Å². The lowest BCUT2D eigenvalue weighted by Gasteiger charge is -2.54. The number of hydrogen-bond acceptors (Lipinski definition) is 9. The van der Waals surface area contributed by atoms with Crippen LogP contribution in [0.15, 0.2) is 60.7 Å². The zero-order valence-electron chi connectivity index (χ0n) is 24.0. The largest absolute Gasteiger partial charge is 0.377 e. The van der Waals surface area contributed by atoms with E-state index in [4.69, 9.17) is 19.4 Å². The van der Waals surface area contributed by atoms with Crippen LogP contribution >= 0.6 is 0 Å². The lowest BCUT2D eigenvalue weighted by atomic mass is 9.54.